The van der Waals surface area contributed by atoms with Crippen LogP contribution in [-0.2, 0) is 16.0 Å². The van der Waals surface area contributed by atoms with Crippen molar-refractivity contribution in [1.82, 2.24) is 9.88 Å². The number of aromatic nitrogens is 1. The minimum Gasteiger partial charge on any atom is -0.497 e. The number of hydrogen-bond donors (Lipinski definition) is 1. The second-order valence-electron chi connectivity index (χ2n) is 5.18. The van der Waals surface area contributed by atoms with Gasteiger partial charge in [0.05, 0.1) is 7.11 Å². The highest BCUT2D eigenvalue weighted by Crippen LogP contribution is 2.16. The van der Waals surface area contributed by atoms with Crippen molar-refractivity contribution in [3.63, 3.8) is 0 Å². The number of benzene rings is 1. The summed E-state index contributed by atoms with van der Waals surface area (Å²) >= 11 is 0. The Hall–Kier alpha value is -2.89. The molecule has 2 amide bonds. The Morgan fingerprint density at radius 1 is 1.21 bits per heavy atom. The molecule has 1 N–H and O–H groups in total. The Morgan fingerprint density at radius 2 is 1.96 bits per heavy atom. The third-order valence-electron chi connectivity index (χ3n) is 3.61. The highest BCUT2D eigenvalue weighted by atomic mass is 16.5. The van der Waals surface area contributed by atoms with Gasteiger partial charge in [-0.25, -0.2) is 0 Å². The van der Waals surface area contributed by atoms with Gasteiger partial charge in [-0.05, 0) is 43.2 Å². The van der Waals surface area contributed by atoms with Crippen LogP contribution in [0.5, 0.6) is 5.75 Å². The third-order valence-corrected chi connectivity index (χ3v) is 3.61. The van der Waals surface area contributed by atoms with E-state index in [0.29, 0.717) is 30.9 Å². The minimum absolute atomic E-state index is 0.468. The van der Waals surface area contributed by atoms with Crippen LogP contribution in [0, 0.1) is 0 Å². The lowest BCUT2D eigenvalue weighted by Gasteiger charge is -2.20. The van der Waals surface area contributed by atoms with E-state index in [1.807, 2.05) is 19.1 Å². The van der Waals surface area contributed by atoms with Crippen LogP contribution in [-0.4, -0.2) is 41.9 Å². The molecule has 0 saturated carbocycles. The Balaban J connectivity index is 1.95. The van der Waals surface area contributed by atoms with E-state index in [9.17, 15) is 9.59 Å². The number of anilines is 1. The van der Waals surface area contributed by atoms with E-state index in [1.54, 1.807) is 43.8 Å². The molecule has 0 aliphatic carbocycles. The Morgan fingerprint density at radius 3 is 2.62 bits per heavy atom. The minimum atomic E-state index is -0.653. The number of nitrogens with zero attached hydrogens (tertiary/aromatic N) is 2. The van der Waals surface area contributed by atoms with Crippen molar-refractivity contribution < 1.29 is 14.3 Å². The van der Waals surface area contributed by atoms with E-state index in [4.69, 9.17) is 4.74 Å². The molecule has 126 valence electrons. The quantitative estimate of drug-likeness (QED) is 0.825. The van der Waals surface area contributed by atoms with Gasteiger partial charge < -0.3 is 15.0 Å². The van der Waals surface area contributed by atoms with Gasteiger partial charge in [0.25, 0.3) is 0 Å². The first-order valence-corrected chi connectivity index (χ1v) is 7.77. The van der Waals surface area contributed by atoms with Crippen LogP contribution in [0.3, 0.4) is 0 Å². The molecule has 2 rings (SSSR count). The maximum atomic E-state index is 12.3. The van der Waals surface area contributed by atoms with Crippen LogP contribution >= 0.6 is 0 Å². The molecular formula is C18H21N3O3. The molecule has 1 heterocycles. The van der Waals surface area contributed by atoms with Crippen LogP contribution in [0.2, 0.25) is 0 Å². The van der Waals surface area contributed by atoms with E-state index < -0.39 is 11.8 Å². The second kappa shape index (κ2) is 8.67. The number of carbonyl (C=O) groups excluding carboxylic acids is 2. The SMILES string of the molecule is CCN(CCc1ccncc1)C(=O)C(=O)Nc1cccc(OC)c1. The number of methoxy groups -OCH3 is 1. The second-order valence-corrected chi connectivity index (χ2v) is 5.18. The monoisotopic (exact) mass is 327 g/mol. The third kappa shape index (κ3) is 4.81. The Labute approximate surface area is 141 Å². The first-order chi connectivity index (χ1) is 11.6. The lowest BCUT2D eigenvalue weighted by molar-refractivity contribution is -0.143. The zero-order chi connectivity index (χ0) is 17.4. The number of likely N-dealkylation sites (N-methyl/N-ethyl adjacent to an activating group) is 1. The molecule has 2 aromatic rings. The van der Waals surface area contributed by atoms with Crippen molar-refractivity contribution in [2.45, 2.75) is 13.3 Å². The molecule has 0 atom stereocenters. The lowest BCUT2D eigenvalue weighted by Crippen LogP contribution is -2.40. The van der Waals surface area contributed by atoms with Crippen molar-refractivity contribution in [3.05, 3.63) is 54.4 Å². The number of nitrogens with one attached hydrogen (secondary N) is 1. The summed E-state index contributed by atoms with van der Waals surface area (Å²) in [4.78, 5) is 30.0. The average Bonchev–Trinajstić information content (AvgIpc) is 2.63. The first kappa shape index (κ1) is 17.5. The maximum absolute atomic E-state index is 12.3. The lowest BCUT2D eigenvalue weighted by atomic mass is 10.2. The number of rotatable bonds is 6. The van der Waals surface area contributed by atoms with Gasteiger partial charge in [0.2, 0.25) is 0 Å². The van der Waals surface area contributed by atoms with E-state index in [-0.39, 0.29) is 0 Å². The zero-order valence-electron chi connectivity index (χ0n) is 13.9. The Kier molecular flexibility index (Phi) is 6.31. The van der Waals surface area contributed by atoms with Gasteiger partial charge in [-0.3, -0.25) is 14.6 Å². The van der Waals surface area contributed by atoms with E-state index in [1.165, 1.54) is 4.90 Å². The molecule has 0 aliphatic heterocycles. The van der Waals surface area contributed by atoms with Crippen molar-refractivity contribution in [2.24, 2.45) is 0 Å². The van der Waals surface area contributed by atoms with Crippen molar-refractivity contribution in [3.8, 4) is 5.75 Å². The molecule has 6 heteroatoms. The number of carbonyl (C=O) groups is 2. The van der Waals surface area contributed by atoms with Gasteiger partial charge in [-0.1, -0.05) is 6.07 Å². The topological polar surface area (TPSA) is 71.5 Å². The van der Waals surface area contributed by atoms with Gasteiger partial charge in [0.1, 0.15) is 5.75 Å². The smallest absolute Gasteiger partial charge is 0.313 e. The highest BCUT2D eigenvalue weighted by Gasteiger charge is 2.20. The molecule has 0 unspecified atom stereocenters. The summed E-state index contributed by atoms with van der Waals surface area (Å²) < 4.78 is 5.10. The molecule has 0 bridgehead atoms. The average molecular weight is 327 g/mol. The van der Waals surface area contributed by atoms with Crippen LogP contribution in [0.4, 0.5) is 5.69 Å². The van der Waals surface area contributed by atoms with Crippen molar-refractivity contribution >= 4 is 17.5 Å². The summed E-state index contributed by atoms with van der Waals surface area (Å²) in [6, 6.07) is 10.7. The van der Waals surface area contributed by atoms with Gasteiger partial charge in [0.15, 0.2) is 0 Å². The number of ether oxygens (including phenoxy) is 1. The van der Waals surface area contributed by atoms with Crippen molar-refractivity contribution in [2.75, 3.05) is 25.5 Å². The first-order valence-electron chi connectivity index (χ1n) is 7.77. The summed E-state index contributed by atoms with van der Waals surface area (Å²) in [5, 5.41) is 2.61. The highest BCUT2D eigenvalue weighted by molar-refractivity contribution is 6.39. The summed E-state index contributed by atoms with van der Waals surface area (Å²) in [6.07, 6.45) is 4.10. The van der Waals surface area contributed by atoms with Gasteiger partial charge in [-0.2, -0.15) is 0 Å². The fourth-order valence-corrected chi connectivity index (χ4v) is 2.25. The largest absolute Gasteiger partial charge is 0.497 e. The molecule has 0 spiro atoms. The van der Waals surface area contributed by atoms with Crippen LogP contribution in [0.15, 0.2) is 48.8 Å². The predicted molar refractivity (Wildman–Crippen MR) is 91.8 cm³/mol. The normalized spacial score (nSPS) is 10.1. The maximum Gasteiger partial charge on any atom is 0.313 e. The van der Waals surface area contributed by atoms with Crippen LogP contribution in [0.1, 0.15) is 12.5 Å². The summed E-state index contributed by atoms with van der Waals surface area (Å²) in [6.45, 7) is 2.80. The van der Waals surface area contributed by atoms with E-state index in [0.717, 1.165) is 5.56 Å². The zero-order valence-corrected chi connectivity index (χ0v) is 13.9. The fraction of sp³-hybridized carbons (Fsp3) is 0.278. The van der Waals surface area contributed by atoms with Gasteiger partial charge >= 0.3 is 11.8 Å². The molecule has 1 aromatic heterocycles. The van der Waals surface area contributed by atoms with Crippen LogP contribution < -0.4 is 10.1 Å². The molecule has 0 aliphatic rings. The standard InChI is InChI=1S/C18H21N3O3/c1-3-21(12-9-14-7-10-19-11-8-14)18(23)17(22)20-15-5-4-6-16(13-15)24-2/h4-8,10-11,13H,3,9,12H2,1-2H3,(H,20,22). The van der Waals surface area contributed by atoms with Gasteiger partial charge in [-0.15, -0.1) is 0 Å². The fourth-order valence-electron chi connectivity index (χ4n) is 2.25. The molecular weight excluding hydrogens is 306 g/mol. The van der Waals surface area contributed by atoms with Gasteiger partial charge in [0, 0.05) is 37.2 Å². The molecule has 24 heavy (non-hydrogen) atoms. The summed E-state index contributed by atoms with van der Waals surface area (Å²) in [5.74, 6) is -0.584. The number of pyridine rings is 1. The molecule has 0 radical (unpaired) electrons. The summed E-state index contributed by atoms with van der Waals surface area (Å²) in [5.41, 5.74) is 1.60. The molecule has 6 nitrogen and oxygen atoms in total. The van der Waals surface area contributed by atoms with E-state index >= 15 is 0 Å². The predicted octanol–water partition coefficient (Wildman–Crippen LogP) is 2.12. The molecule has 0 fully saturated rings. The number of amides is 2. The molecule has 1 aromatic carbocycles. The molecule has 0 saturated heterocycles. The summed E-state index contributed by atoms with van der Waals surface area (Å²) in [7, 11) is 1.55. The number of hydrogen-bond acceptors (Lipinski definition) is 4. The van der Waals surface area contributed by atoms with E-state index in [2.05, 4.69) is 10.3 Å². The Bertz CT molecular complexity index is 689. The van der Waals surface area contributed by atoms with Crippen molar-refractivity contribution in [1.29, 1.82) is 0 Å². The van der Waals surface area contributed by atoms with Crippen LogP contribution in [0.25, 0.3) is 0 Å².